The Hall–Kier alpha value is -2.18. The molecule has 2 atom stereocenters. The Morgan fingerprint density at radius 1 is 1.04 bits per heavy atom. The summed E-state index contributed by atoms with van der Waals surface area (Å²) < 4.78 is 25.9. The third-order valence-corrected chi connectivity index (χ3v) is 6.62. The van der Waals surface area contributed by atoms with Gasteiger partial charge in [-0.3, -0.25) is 4.79 Å². The van der Waals surface area contributed by atoms with Crippen LogP contribution >= 0.6 is 0 Å². The fourth-order valence-corrected chi connectivity index (χ4v) is 5.05. The van der Waals surface area contributed by atoms with E-state index in [-0.39, 0.29) is 18.5 Å². The predicted molar refractivity (Wildman–Crippen MR) is 100.0 cm³/mol. The highest BCUT2D eigenvalue weighted by Gasteiger charge is 2.38. The number of carbonyl (C=O) groups excluding carboxylic acids is 1. The van der Waals surface area contributed by atoms with Gasteiger partial charge in [0, 0.05) is 6.54 Å². The molecule has 5 nitrogen and oxygen atoms in total. The maximum atomic E-state index is 13.0. The van der Waals surface area contributed by atoms with Crippen molar-refractivity contribution in [2.75, 3.05) is 6.26 Å². The summed E-state index contributed by atoms with van der Waals surface area (Å²) in [7, 11) is -3.48. The van der Waals surface area contributed by atoms with Crippen molar-refractivity contribution in [2.24, 2.45) is 0 Å². The lowest BCUT2D eigenvalue weighted by atomic mass is 9.95. The Balaban J connectivity index is 1.60. The molecule has 0 radical (unpaired) electrons. The molecular weight excluding hydrogens is 348 g/mol. The highest BCUT2D eigenvalue weighted by atomic mass is 32.2. The molecule has 2 aromatic rings. The number of aryl methyl sites for hydroxylation is 1. The molecule has 1 aliphatic heterocycles. The van der Waals surface area contributed by atoms with Crippen LogP contribution in [0.4, 0.5) is 0 Å². The summed E-state index contributed by atoms with van der Waals surface area (Å²) in [5.41, 5.74) is 4.40. The van der Waals surface area contributed by atoms with Gasteiger partial charge in [0.1, 0.15) is 6.04 Å². The van der Waals surface area contributed by atoms with E-state index in [1.165, 1.54) is 16.1 Å². The van der Waals surface area contributed by atoms with Gasteiger partial charge in [0.05, 0.1) is 12.3 Å². The molecule has 4 rings (SSSR count). The van der Waals surface area contributed by atoms with Crippen LogP contribution in [0.25, 0.3) is 0 Å². The minimum Gasteiger partial charge on any atom is -0.348 e. The van der Waals surface area contributed by atoms with Gasteiger partial charge in [-0.25, -0.2) is 8.42 Å². The molecule has 1 N–H and O–H groups in total. The van der Waals surface area contributed by atoms with Crippen LogP contribution in [0.5, 0.6) is 0 Å². The highest BCUT2D eigenvalue weighted by Crippen LogP contribution is 2.32. The Morgan fingerprint density at radius 2 is 1.69 bits per heavy atom. The van der Waals surface area contributed by atoms with Crippen molar-refractivity contribution in [3.05, 3.63) is 70.8 Å². The number of rotatable bonds is 3. The summed E-state index contributed by atoms with van der Waals surface area (Å²) in [6, 6.07) is 15.1. The quantitative estimate of drug-likeness (QED) is 0.901. The second-order valence-electron chi connectivity index (χ2n) is 7.10. The van der Waals surface area contributed by atoms with Crippen LogP contribution in [0.3, 0.4) is 0 Å². The molecule has 0 aromatic heterocycles. The van der Waals surface area contributed by atoms with E-state index >= 15 is 0 Å². The molecule has 1 heterocycles. The zero-order chi connectivity index (χ0) is 18.3. The summed E-state index contributed by atoms with van der Waals surface area (Å²) in [5.74, 6) is -0.216. The third kappa shape index (κ3) is 3.15. The lowest BCUT2D eigenvalue weighted by Gasteiger charge is -2.34. The van der Waals surface area contributed by atoms with E-state index in [0.717, 1.165) is 29.5 Å². The van der Waals surface area contributed by atoms with E-state index in [1.807, 2.05) is 42.5 Å². The molecule has 26 heavy (non-hydrogen) atoms. The number of nitrogens with zero attached hydrogens (tertiary/aromatic N) is 1. The van der Waals surface area contributed by atoms with Crippen LogP contribution in [0.1, 0.15) is 34.7 Å². The van der Waals surface area contributed by atoms with Gasteiger partial charge >= 0.3 is 0 Å². The molecule has 0 spiro atoms. The van der Waals surface area contributed by atoms with E-state index in [1.54, 1.807) is 0 Å². The summed E-state index contributed by atoms with van der Waals surface area (Å²) >= 11 is 0. The molecular formula is C20H22N2O3S. The van der Waals surface area contributed by atoms with Crippen LogP contribution in [0.2, 0.25) is 0 Å². The lowest BCUT2D eigenvalue weighted by Crippen LogP contribution is -2.52. The first-order chi connectivity index (χ1) is 12.4. The summed E-state index contributed by atoms with van der Waals surface area (Å²) in [6.07, 6.45) is 3.37. The van der Waals surface area contributed by atoms with Crippen molar-refractivity contribution in [2.45, 2.75) is 37.9 Å². The minimum atomic E-state index is -3.48. The molecule has 6 heteroatoms. The summed E-state index contributed by atoms with van der Waals surface area (Å²) in [4.78, 5) is 13.0. The molecule has 2 aliphatic rings. The number of nitrogens with one attached hydrogen (secondary N) is 1. The Morgan fingerprint density at radius 3 is 2.42 bits per heavy atom. The average Bonchev–Trinajstić information content (AvgIpc) is 3.03. The van der Waals surface area contributed by atoms with E-state index in [2.05, 4.69) is 11.4 Å². The first kappa shape index (κ1) is 17.2. The number of benzene rings is 2. The van der Waals surface area contributed by atoms with Crippen LogP contribution in [0, 0.1) is 0 Å². The van der Waals surface area contributed by atoms with Gasteiger partial charge < -0.3 is 5.32 Å². The van der Waals surface area contributed by atoms with E-state index in [9.17, 15) is 13.2 Å². The van der Waals surface area contributed by atoms with E-state index < -0.39 is 16.1 Å². The van der Waals surface area contributed by atoms with Crippen molar-refractivity contribution < 1.29 is 13.2 Å². The number of hydrogen-bond donors (Lipinski definition) is 1. The average molecular weight is 370 g/mol. The fraction of sp³-hybridized carbons (Fsp3) is 0.350. The van der Waals surface area contributed by atoms with Crippen LogP contribution in [-0.2, 0) is 34.2 Å². The molecule has 0 unspecified atom stereocenters. The maximum Gasteiger partial charge on any atom is 0.239 e. The van der Waals surface area contributed by atoms with Crippen molar-refractivity contribution in [1.29, 1.82) is 0 Å². The van der Waals surface area contributed by atoms with Gasteiger partial charge in [-0.2, -0.15) is 4.31 Å². The standard InChI is InChI=1S/C20H22N2O3S/c1-26(24,25)22-13-16-8-3-2-7-15(16)12-19(22)20(23)21-18-11-10-14-6-4-5-9-17(14)18/h2-9,18-19H,10-13H2,1H3,(H,21,23)/t18-,19+/m0/s1. The monoisotopic (exact) mass is 370 g/mol. The molecule has 0 fully saturated rings. The number of fused-ring (bicyclic) bond motifs is 2. The second-order valence-corrected chi connectivity index (χ2v) is 9.03. The van der Waals surface area contributed by atoms with Crippen LogP contribution < -0.4 is 5.32 Å². The Labute approximate surface area is 154 Å². The topological polar surface area (TPSA) is 66.5 Å². The van der Waals surface area contributed by atoms with Crippen molar-refractivity contribution >= 4 is 15.9 Å². The molecule has 0 saturated heterocycles. The lowest BCUT2D eigenvalue weighted by molar-refractivity contribution is -0.126. The molecule has 1 amide bonds. The van der Waals surface area contributed by atoms with Gasteiger partial charge in [0.15, 0.2) is 0 Å². The Bertz CT molecular complexity index is 955. The number of carbonyl (C=O) groups is 1. The Kier molecular flexibility index (Phi) is 4.32. The molecule has 0 saturated carbocycles. The van der Waals surface area contributed by atoms with E-state index in [4.69, 9.17) is 0 Å². The van der Waals surface area contributed by atoms with Gasteiger partial charge in [0.25, 0.3) is 0 Å². The fourth-order valence-electron chi connectivity index (χ4n) is 4.05. The highest BCUT2D eigenvalue weighted by molar-refractivity contribution is 7.88. The van der Waals surface area contributed by atoms with Crippen molar-refractivity contribution in [3.8, 4) is 0 Å². The SMILES string of the molecule is CS(=O)(=O)N1Cc2ccccc2C[C@@H]1C(=O)N[C@H]1CCc2ccccc21. The first-order valence-corrected chi connectivity index (χ1v) is 10.7. The predicted octanol–water partition coefficient (Wildman–Crippen LogP) is 2.18. The number of amides is 1. The van der Waals surface area contributed by atoms with Gasteiger partial charge in [-0.1, -0.05) is 48.5 Å². The number of sulfonamides is 1. The maximum absolute atomic E-state index is 13.0. The van der Waals surface area contributed by atoms with Crippen LogP contribution in [-0.4, -0.2) is 30.9 Å². The molecule has 136 valence electrons. The van der Waals surface area contributed by atoms with Gasteiger partial charge in [-0.05, 0) is 41.5 Å². The largest absolute Gasteiger partial charge is 0.348 e. The van der Waals surface area contributed by atoms with Crippen molar-refractivity contribution in [3.63, 3.8) is 0 Å². The number of hydrogen-bond acceptors (Lipinski definition) is 3. The third-order valence-electron chi connectivity index (χ3n) is 5.38. The van der Waals surface area contributed by atoms with Gasteiger partial charge in [0.2, 0.25) is 15.9 Å². The first-order valence-electron chi connectivity index (χ1n) is 8.85. The molecule has 2 aromatic carbocycles. The smallest absolute Gasteiger partial charge is 0.239 e. The zero-order valence-electron chi connectivity index (χ0n) is 14.7. The zero-order valence-corrected chi connectivity index (χ0v) is 15.5. The van der Waals surface area contributed by atoms with Crippen molar-refractivity contribution in [1.82, 2.24) is 9.62 Å². The normalized spacial score (nSPS) is 22.5. The minimum absolute atomic E-state index is 0.0442. The van der Waals surface area contributed by atoms with E-state index in [0.29, 0.717) is 6.42 Å². The summed E-state index contributed by atoms with van der Waals surface area (Å²) in [5, 5.41) is 3.09. The molecule has 1 aliphatic carbocycles. The van der Waals surface area contributed by atoms with Crippen LogP contribution in [0.15, 0.2) is 48.5 Å². The molecule has 0 bridgehead atoms. The summed E-state index contributed by atoms with van der Waals surface area (Å²) in [6.45, 7) is 0.244. The van der Waals surface area contributed by atoms with Gasteiger partial charge in [-0.15, -0.1) is 0 Å². The second kappa shape index (κ2) is 6.52.